The summed E-state index contributed by atoms with van der Waals surface area (Å²) in [5.74, 6) is 0.0115. The number of hydrogen-bond acceptors (Lipinski definition) is 3. The van der Waals surface area contributed by atoms with Crippen molar-refractivity contribution in [2.75, 3.05) is 6.54 Å². The van der Waals surface area contributed by atoms with Gasteiger partial charge in [0.15, 0.2) is 5.78 Å². The van der Waals surface area contributed by atoms with Gasteiger partial charge in [-0.1, -0.05) is 60.7 Å². The minimum absolute atomic E-state index is 0.0115. The van der Waals surface area contributed by atoms with Crippen LogP contribution in [0.15, 0.2) is 60.7 Å². The van der Waals surface area contributed by atoms with E-state index >= 15 is 0 Å². The van der Waals surface area contributed by atoms with Gasteiger partial charge in [-0.2, -0.15) is 0 Å². The van der Waals surface area contributed by atoms with Crippen molar-refractivity contribution in [3.63, 3.8) is 0 Å². The summed E-state index contributed by atoms with van der Waals surface area (Å²) in [6, 6.07) is 18.3. The average Bonchev–Trinajstić information content (AvgIpc) is 2.49. The number of rotatable bonds is 6. The van der Waals surface area contributed by atoms with Crippen LogP contribution in [0, 0.1) is 0 Å². The summed E-state index contributed by atoms with van der Waals surface area (Å²) in [6.45, 7) is 2.07. The molecule has 0 aliphatic carbocycles. The summed E-state index contributed by atoms with van der Waals surface area (Å²) >= 11 is 0. The number of carbonyl (C=O) groups excluding carboxylic acids is 1. The summed E-state index contributed by atoms with van der Waals surface area (Å²) in [6.07, 6.45) is -0.496. The zero-order valence-electron chi connectivity index (χ0n) is 11.5. The first kappa shape index (κ1) is 14.4. The Bertz CT molecular complexity index is 537. The lowest BCUT2D eigenvalue weighted by Crippen LogP contribution is -2.33. The normalized spacial score (nSPS) is 13.7. The molecule has 0 bridgehead atoms. The van der Waals surface area contributed by atoms with E-state index in [0.717, 1.165) is 5.56 Å². The van der Waals surface area contributed by atoms with Gasteiger partial charge in [0.2, 0.25) is 0 Å². The molecular weight excluding hydrogens is 250 g/mol. The molecule has 0 saturated heterocycles. The topological polar surface area (TPSA) is 49.3 Å². The fourth-order valence-electron chi connectivity index (χ4n) is 2.06. The number of hydrogen-bond donors (Lipinski definition) is 2. The summed E-state index contributed by atoms with van der Waals surface area (Å²) in [4.78, 5) is 12.6. The number of benzene rings is 2. The third-order valence-electron chi connectivity index (χ3n) is 3.07. The summed E-state index contributed by atoms with van der Waals surface area (Å²) in [7, 11) is 0. The first-order chi connectivity index (χ1) is 9.68. The van der Waals surface area contributed by atoms with Crippen LogP contribution in [-0.4, -0.2) is 23.5 Å². The molecule has 2 N–H and O–H groups in total. The zero-order chi connectivity index (χ0) is 14.4. The Morgan fingerprint density at radius 2 is 1.60 bits per heavy atom. The minimum Gasteiger partial charge on any atom is -0.392 e. The minimum atomic E-state index is -0.496. The largest absolute Gasteiger partial charge is 0.392 e. The van der Waals surface area contributed by atoms with Crippen molar-refractivity contribution in [3.05, 3.63) is 71.8 Å². The summed E-state index contributed by atoms with van der Waals surface area (Å²) in [5, 5.41) is 12.6. The van der Waals surface area contributed by atoms with Crippen molar-refractivity contribution >= 4 is 5.78 Å². The third kappa shape index (κ3) is 3.76. The molecule has 2 aromatic carbocycles. The quantitative estimate of drug-likeness (QED) is 0.792. The number of carbonyl (C=O) groups is 1. The molecule has 3 nitrogen and oxygen atoms in total. The highest BCUT2D eigenvalue weighted by Crippen LogP contribution is 2.18. The highest BCUT2D eigenvalue weighted by Gasteiger charge is 2.21. The fourth-order valence-corrected chi connectivity index (χ4v) is 2.06. The second kappa shape index (κ2) is 6.98. The standard InChI is InChI=1S/C17H19NO2/c1-13(19)12-18-16(14-8-4-2-5-9-14)17(20)15-10-6-3-7-11-15/h2-11,13,16,18-19H,12H2,1H3/t13-,16-/m0/s1. The lowest BCUT2D eigenvalue weighted by molar-refractivity contribution is 0.0932. The van der Waals surface area contributed by atoms with Gasteiger partial charge in [0.25, 0.3) is 0 Å². The van der Waals surface area contributed by atoms with Gasteiger partial charge < -0.3 is 10.4 Å². The molecule has 2 aromatic rings. The van der Waals surface area contributed by atoms with Crippen LogP contribution in [0.3, 0.4) is 0 Å². The number of aliphatic hydroxyl groups is 1. The number of ketones is 1. The van der Waals surface area contributed by atoms with Crippen molar-refractivity contribution in [3.8, 4) is 0 Å². The first-order valence-electron chi connectivity index (χ1n) is 6.74. The monoisotopic (exact) mass is 269 g/mol. The van der Waals surface area contributed by atoms with E-state index in [0.29, 0.717) is 12.1 Å². The Morgan fingerprint density at radius 3 is 2.15 bits per heavy atom. The van der Waals surface area contributed by atoms with E-state index in [4.69, 9.17) is 0 Å². The lowest BCUT2D eigenvalue weighted by Gasteiger charge is -2.19. The van der Waals surface area contributed by atoms with Gasteiger partial charge in [0.1, 0.15) is 0 Å². The van der Waals surface area contributed by atoms with Crippen LogP contribution >= 0.6 is 0 Å². The molecule has 0 unspecified atom stereocenters. The number of aliphatic hydroxyl groups excluding tert-OH is 1. The molecule has 0 spiro atoms. The number of Topliss-reactive ketones (excluding diaryl/α,β-unsaturated/α-hetero) is 1. The molecular formula is C17H19NO2. The summed E-state index contributed by atoms with van der Waals surface area (Å²) in [5.41, 5.74) is 1.57. The van der Waals surface area contributed by atoms with E-state index in [9.17, 15) is 9.90 Å². The van der Waals surface area contributed by atoms with Crippen LogP contribution in [0.1, 0.15) is 28.9 Å². The molecule has 20 heavy (non-hydrogen) atoms. The molecule has 0 aliphatic rings. The Hall–Kier alpha value is -1.97. The average molecular weight is 269 g/mol. The maximum absolute atomic E-state index is 12.6. The van der Waals surface area contributed by atoms with Crippen LogP contribution < -0.4 is 5.32 Å². The maximum atomic E-state index is 12.6. The van der Waals surface area contributed by atoms with Gasteiger partial charge in [-0.15, -0.1) is 0 Å². The Labute approximate surface area is 119 Å². The molecule has 0 aliphatic heterocycles. The first-order valence-corrected chi connectivity index (χ1v) is 6.74. The van der Waals surface area contributed by atoms with Gasteiger partial charge in [-0.3, -0.25) is 4.79 Å². The molecule has 0 heterocycles. The molecule has 0 fully saturated rings. The molecule has 3 heteroatoms. The predicted octanol–water partition coefficient (Wildman–Crippen LogP) is 2.58. The molecule has 0 saturated carbocycles. The number of nitrogens with one attached hydrogen (secondary N) is 1. The third-order valence-corrected chi connectivity index (χ3v) is 3.07. The van der Waals surface area contributed by atoms with Crippen LogP contribution in [0.4, 0.5) is 0 Å². The molecule has 2 atom stereocenters. The molecule has 0 aromatic heterocycles. The van der Waals surface area contributed by atoms with Gasteiger partial charge in [0.05, 0.1) is 12.1 Å². The Morgan fingerprint density at radius 1 is 1.05 bits per heavy atom. The Kier molecular flexibility index (Phi) is 5.04. The molecule has 0 radical (unpaired) electrons. The second-order valence-electron chi connectivity index (χ2n) is 4.83. The van der Waals surface area contributed by atoms with E-state index < -0.39 is 12.1 Å². The molecule has 104 valence electrons. The van der Waals surface area contributed by atoms with E-state index in [1.54, 1.807) is 6.92 Å². The molecule has 0 amide bonds. The van der Waals surface area contributed by atoms with E-state index in [1.807, 2.05) is 60.7 Å². The van der Waals surface area contributed by atoms with Gasteiger partial charge in [0, 0.05) is 12.1 Å². The second-order valence-corrected chi connectivity index (χ2v) is 4.83. The van der Waals surface area contributed by atoms with Crippen LogP contribution in [0.2, 0.25) is 0 Å². The van der Waals surface area contributed by atoms with Crippen molar-refractivity contribution < 1.29 is 9.90 Å². The highest BCUT2D eigenvalue weighted by molar-refractivity contribution is 6.00. The van der Waals surface area contributed by atoms with Gasteiger partial charge >= 0.3 is 0 Å². The highest BCUT2D eigenvalue weighted by atomic mass is 16.3. The van der Waals surface area contributed by atoms with Gasteiger partial charge in [-0.05, 0) is 12.5 Å². The van der Waals surface area contributed by atoms with Crippen molar-refractivity contribution in [2.45, 2.75) is 19.1 Å². The van der Waals surface area contributed by atoms with E-state index in [1.165, 1.54) is 0 Å². The maximum Gasteiger partial charge on any atom is 0.184 e. The Balaban J connectivity index is 2.25. The lowest BCUT2D eigenvalue weighted by atomic mass is 9.97. The van der Waals surface area contributed by atoms with E-state index in [2.05, 4.69) is 5.32 Å². The predicted molar refractivity (Wildman–Crippen MR) is 79.6 cm³/mol. The van der Waals surface area contributed by atoms with Crippen LogP contribution in [0.5, 0.6) is 0 Å². The van der Waals surface area contributed by atoms with Crippen LogP contribution in [-0.2, 0) is 0 Å². The smallest absolute Gasteiger partial charge is 0.184 e. The SMILES string of the molecule is C[C@H](O)CN[C@H](C(=O)c1ccccc1)c1ccccc1. The summed E-state index contributed by atoms with van der Waals surface area (Å²) < 4.78 is 0. The van der Waals surface area contributed by atoms with Crippen molar-refractivity contribution in [1.29, 1.82) is 0 Å². The zero-order valence-corrected chi connectivity index (χ0v) is 11.5. The van der Waals surface area contributed by atoms with E-state index in [-0.39, 0.29) is 5.78 Å². The van der Waals surface area contributed by atoms with Gasteiger partial charge in [-0.25, -0.2) is 0 Å². The van der Waals surface area contributed by atoms with Crippen LogP contribution in [0.25, 0.3) is 0 Å². The fraction of sp³-hybridized carbons (Fsp3) is 0.235. The van der Waals surface area contributed by atoms with Crippen molar-refractivity contribution in [1.82, 2.24) is 5.32 Å². The van der Waals surface area contributed by atoms with Crippen molar-refractivity contribution in [2.24, 2.45) is 0 Å². The molecule has 2 rings (SSSR count).